The molecule has 5 heteroatoms. The first-order valence-electron chi connectivity index (χ1n) is 5.95. The molecule has 0 spiro atoms. The van der Waals surface area contributed by atoms with Crippen LogP contribution in [0.2, 0.25) is 5.02 Å². The number of nitrogens with one attached hydrogen (secondary N) is 1. The molecule has 2 atom stereocenters. The molecule has 1 aliphatic rings. The average molecular weight is 270 g/mol. The number of carbonyl (C=O) groups excluding carboxylic acids is 1. The fraction of sp³-hybridized carbons (Fsp3) is 0.462. The van der Waals surface area contributed by atoms with Gasteiger partial charge in [0, 0.05) is 23.6 Å². The maximum Gasteiger partial charge on any atom is 0.255 e. The van der Waals surface area contributed by atoms with E-state index in [2.05, 4.69) is 5.32 Å². The Kier molecular flexibility index (Phi) is 4.09. The number of hydrogen-bond acceptors (Lipinski definition) is 3. The van der Waals surface area contributed by atoms with E-state index in [0.29, 0.717) is 17.5 Å². The molecule has 1 heterocycles. The van der Waals surface area contributed by atoms with Crippen LogP contribution in [-0.4, -0.2) is 30.3 Å². The van der Waals surface area contributed by atoms with E-state index >= 15 is 0 Å². The first kappa shape index (κ1) is 13.2. The first-order valence-corrected chi connectivity index (χ1v) is 6.33. The van der Waals surface area contributed by atoms with E-state index in [0.717, 1.165) is 13.0 Å². The molecule has 2 rings (SSSR count). The minimum atomic E-state index is -0.311. The lowest BCUT2D eigenvalue weighted by molar-refractivity contribution is 0.0919. The predicted octanol–water partition coefficient (Wildman–Crippen LogP) is 2.20. The number of aromatic hydroxyl groups is 1. The van der Waals surface area contributed by atoms with Crippen molar-refractivity contribution in [2.45, 2.75) is 19.4 Å². The smallest absolute Gasteiger partial charge is 0.255 e. The SMILES string of the molecule is CC(NC(=O)c1cc(Cl)ccc1O)C1CCOC1. The molecular weight excluding hydrogens is 254 g/mol. The molecule has 4 nitrogen and oxygen atoms in total. The van der Waals surface area contributed by atoms with Crippen LogP contribution < -0.4 is 5.32 Å². The summed E-state index contributed by atoms with van der Waals surface area (Å²) in [5, 5.41) is 12.9. The zero-order valence-corrected chi connectivity index (χ0v) is 10.9. The minimum absolute atomic E-state index is 0.0124. The van der Waals surface area contributed by atoms with Gasteiger partial charge >= 0.3 is 0 Å². The van der Waals surface area contributed by atoms with Gasteiger partial charge in [-0.15, -0.1) is 0 Å². The van der Waals surface area contributed by atoms with Gasteiger partial charge in [-0.2, -0.15) is 0 Å². The highest BCUT2D eigenvalue weighted by molar-refractivity contribution is 6.31. The third-order valence-electron chi connectivity index (χ3n) is 3.23. The van der Waals surface area contributed by atoms with E-state index in [1.54, 1.807) is 6.07 Å². The number of ether oxygens (including phenoxy) is 1. The van der Waals surface area contributed by atoms with Gasteiger partial charge in [-0.3, -0.25) is 4.79 Å². The van der Waals surface area contributed by atoms with E-state index < -0.39 is 0 Å². The molecule has 2 N–H and O–H groups in total. The number of benzene rings is 1. The standard InChI is InChI=1S/C13H16ClNO3/c1-8(9-4-5-18-7-9)15-13(17)11-6-10(14)2-3-12(11)16/h2-3,6,8-9,16H,4-5,7H2,1H3,(H,15,17). The zero-order chi connectivity index (χ0) is 13.1. The fourth-order valence-corrected chi connectivity index (χ4v) is 2.21. The monoisotopic (exact) mass is 269 g/mol. The Labute approximate surface area is 111 Å². The second-order valence-electron chi connectivity index (χ2n) is 4.55. The van der Waals surface area contributed by atoms with E-state index in [1.165, 1.54) is 12.1 Å². The molecule has 1 fully saturated rings. The van der Waals surface area contributed by atoms with Gasteiger partial charge in [-0.05, 0) is 31.5 Å². The largest absolute Gasteiger partial charge is 0.507 e. The molecule has 1 saturated heterocycles. The Morgan fingerprint density at radius 1 is 1.61 bits per heavy atom. The Hall–Kier alpha value is -1.26. The summed E-state index contributed by atoms with van der Waals surface area (Å²) in [4.78, 5) is 12.0. The lowest BCUT2D eigenvalue weighted by Gasteiger charge is -2.19. The molecule has 0 saturated carbocycles. The molecule has 1 aliphatic heterocycles. The average Bonchev–Trinajstić information content (AvgIpc) is 2.85. The number of phenols is 1. The van der Waals surface area contributed by atoms with E-state index in [9.17, 15) is 9.90 Å². The zero-order valence-electron chi connectivity index (χ0n) is 10.1. The van der Waals surface area contributed by atoms with Crippen molar-refractivity contribution in [3.63, 3.8) is 0 Å². The summed E-state index contributed by atoms with van der Waals surface area (Å²) in [5.74, 6) is -0.0450. The Balaban J connectivity index is 2.04. The van der Waals surface area contributed by atoms with Gasteiger partial charge in [0.1, 0.15) is 5.75 Å². The molecule has 1 aromatic carbocycles. The number of hydrogen-bond donors (Lipinski definition) is 2. The number of carbonyl (C=O) groups is 1. The van der Waals surface area contributed by atoms with Crippen LogP contribution in [0.25, 0.3) is 0 Å². The van der Waals surface area contributed by atoms with E-state index in [4.69, 9.17) is 16.3 Å². The molecule has 1 aromatic rings. The highest BCUT2D eigenvalue weighted by Crippen LogP contribution is 2.22. The van der Waals surface area contributed by atoms with Crippen LogP contribution >= 0.6 is 11.6 Å². The normalized spacial score (nSPS) is 20.7. The molecule has 18 heavy (non-hydrogen) atoms. The number of amides is 1. The van der Waals surface area contributed by atoms with E-state index in [1.807, 2.05) is 6.92 Å². The number of rotatable bonds is 3. The van der Waals surface area contributed by atoms with Crippen LogP contribution in [0.15, 0.2) is 18.2 Å². The topological polar surface area (TPSA) is 58.6 Å². The molecule has 1 amide bonds. The van der Waals surface area contributed by atoms with Crippen LogP contribution in [0.5, 0.6) is 5.75 Å². The van der Waals surface area contributed by atoms with Crippen LogP contribution in [0, 0.1) is 5.92 Å². The van der Waals surface area contributed by atoms with Crippen LogP contribution in [0.4, 0.5) is 0 Å². The fourth-order valence-electron chi connectivity index (χ4n) is 2.04. The summed E-state index contributed by atoms with van der Waals surface area (Å²) >= 11 is 5.81. The molecule has 0 aromatic heterocycles. The van der Waals surface area contributed by atoms with Gasteiger partial charge in [0.15, 0.2) is 0 Å². The van der Waals surface area contributed by atoms with Crippen molar-refractivity contribution in [2.24, 2.45) is 5.92 Å². The second-order valence-corrected chi connectivity index (χ2v) is 4.98. The molecule has 0 radical (unpaired) electrons. The summed E-state index contributed by atoms with van der Waals surface area (Å²) in [6.07, 6.45) is 0.947. The molecular formula is C13H16ClNO3. The van der Waals surface area contributed by atoms with Crippen molar-refractivity contribution >= 4 is 17.5 Å². The first-order chi connectivity index (χ1) is 8.58. The maximum atomic E-state index is 12.0. The summed E-state index contributed by atoms with van der Waals surface area (Å²) in [6, 6.07) is 4.44. The summed E-state index contributed by atoms with van der Waals surface area (Å²) in [6.45, 7) is 3.36. The van der Waals surface area contributed by atoms with Gasteiger partial charge in [-0.25, -0.2) is 0 Å². The highest BCUT2D eigenvalue weighted by Gasteiger charge is 2.24. The van der Waals surface area contributed by atoms with Crippen molar-refractivity contribution in [1.82, 2.24) is 5.32 Å². The third-order valence-corrected chi connectivity index (χ3v) is 3.47. The quantitative estimate of drug-likeness (QED) is 0.884. The van der Waals surface area contributed by atoms with Gasteiger partial charge < -0.3 is 15.2 Å². The van der Waals surface area contributed by atoms with Crippen molar-refractivity contribution < 1.29 is 14.6 Å². The van der Waals surface area contributed by atoms with Crippen molar-refractivity contribution in [3.05, 3.63) is 28.8 Å². The highest BCUT2D eigenvalue weighted by atomic mass is 35.5. The van der Waals surface area contributed by atoms with Crippen LogP contribution in [0.3, 0.4) is 0 Å². The second kappa shape index (κ2) is 5.59. The predicted molar refractivity (Wildman–Crippen MR) is 69.0 cm³/mol. The van der Waals surface area contributed by atoms with Crippen molar-refractivity contribution in [1.29, 1.82) is 0 Å². The van der Waals surface area contributed by atoms with Gasteiger partial charge in [0.05, 0.1) is 12.2 Å². The molecule has 98 valence electrons. The lowest BCUT2D eigenvalue weighted by Crippen LogP contribution is -2.38. The summed E-state index contributed by atoms with van der Waals surface area (Å²) in [7, 11) is 0. The molecule has 0 aliphatic carbocycles. The lowest BCUT2D eigenvalue weighted by atomic mass is 10.0. The molecule has 2 unspecified atom stereocenters. The Bertz CT molecular complexity index is 444. The maximum absolute atomic E-state index is 12.0. The van der Waals surface area contributed by atoms with Crippen LogP contribution in [0.1, 0.15) is 23.7 Å². The summed E-state index contributed by atoms with van der Waals surface area (Å²) in [5.41, 5.74) is 0.202. The third kappa shape index (κ3) is 2.94. The minimum Gasteiger partial charge on any atom is -0.507 e. The Morgan fingerprint density at radius 3 is 3.06 bits per heavy atom. The van der Waals surface area contributed by atoms with Gasteiger partial charge in [-0.1, -0.05) is 11.6 Å². The van der Waals surface area contributed by atoms with Crippen molar-refractivity contribution in [2.75, 3.05) is 13.2 Å². The van der Waals surface area contributed by atoms with Gasteiger partial charge in [0.2, 0.25) is 0 Å². The molecule has 0 bridgehead atoms. The van der Waals surface area contributed by atoms with E-state index in [-0.39, 0.29) is 23.3 Å². The number of halogens is 1. The van der Waals surface area contributed by atoms with Crippen LogP contribution in [-0.2, 0) is 4.74 Å². The van der Waals surface area contributed by atoms with Crippen molar-refractivity contribution in [3.8, 4) is 5.75 Å². The Morgan fingerprint density at radius 2 is 2.39 bits per heavy atom. The van der Waals surface area contributed by atoms with Gasteiger partial charge in [0.25, 0.3) is 5.91 Å². The summed E-state index contributed by atoms with van der Waals surface area (Å²) < 4.78 is 5.29. The number of phenolic OH excluding ortho intramolecular Hbond substituents is 1.